The normalized spacial score (nSPS) is 12.7. The third-order valence-electron chi connectivity index (χ3n) is 4.12. The van der Waals surface area contributed by atoms with E-state index in [9.17, 15) is 4.79 Å². The predicted octanol–water partition coefficient (Wildman–Crippen LogP) is 4.40. The van der Waals surface area contributed by atoms with E-state index >= 15 is 0 Å². The van der Waals surface area contributed by atoms with Gasteiger partial charge in [-0.15, -0.1) is 11.3 Å². The van der Waals surface area contributed by atoms with Crippen LogP contribution in [0.2, 0.25) is 0 Å². The van der Waals surface area contributed by atoms with Crippen molar-refractivity contribution in [2.75, 3.05) is 0 Å². The van der Waals surface area contributed by atoms with Crippen molar-refractivity contribution in [1.29, 1.82) is 0 Å². The second-order valence-electron chi connectivity index (χ2n) is 5.52. The van der Waals surface area contributed by atoms with Gasteiger partial charge in [-0.3, -0.25) is 9.20 Å². The quantitative estimate of drug-likeness (QED) is 0.608. The first-order valence-electron chi connectivity index (χ1n) is 7.33. The highest BCUT2D eigenvalue weighted by Crippen LogP contribution is 2.31. The van der Waals surface area contributed by atoms with Gasteiger partial charge < -0.3 is 5.11 Å². The van der Waals surface area contributed by atoms with E-state index in [0.717, 1.165) is 32.8 Å². The fourth-order valence-corrected chi connectivity index (χ4v) is 3.67. The molecule has 0 fully saturated rings. The van der Waals surface area contributed by atoms with Crippen molar-refractivity contribution in [3.63, 3.8) is 0 Å². The molecule has 0 radical (unpaired) electrons. The zero-order valence-corrected chi connectivity index (χ0v) is 13.2. The van der Waals surface area contributed by atoms with Crippen LogP contribution in [-0.4, -0.2) is 20.5 Å². The van der Waals surface area contributed by atoms with E-state index in [1.807, 2.05) is 42.5 Å². The molecule has 0 aliphatic carbocycles. The van der Waals surface area contributed by atoms with E-state index in [-0.39, 0.29) is 0 Å². The molecule has 0 bridgehead atoms. The van der Waals surface area contributed by atoms with E-state index < -0.39 is 11.9 Å². The van der Waals surface area contributed by atoms with Crippen LogP contribution in [0.1, 0.15) is 18.4 Å². The van der Waals surface area contributed by atoms with Gasteiger partial charge >= 0.3 is 5.97 Å². The first-order valence-corrected chi connectivity index (χ1v) is 8.21. The minimum Gasteiger partial charge on any atom is -0.481 e. The van der Waals surface area contributed by atoms with Gasteiger partial charge in [0.25, 0.3) is 0 Å². The summed E-state index contributed by atoms with van der Waals surface area (Å²) < 4.78 is 2.15. The first kappa shape index (κ1) is 14.0. The largest absolute Gasteiger partial charge is 0.481 e. The maximum atomic E-state index is 11.1. The number of rotatable bonds is 3. The summed E-state index contributed by atoms with van der Waals surface area (Å²) in [6.45, 7) is 1.70. The lowest BCUT2D eigenvalue weighted by molar-refractivity contribution is -0.138. The third kappa shape index (κ3) is 2.21. The minimum atomic E-state index is -0.809. The summed E-state index contributed by atoms with van der Waals surface area (Å²) in [4.78, 5) is 16.7. The van der Waals surface area contributed by atoms with Crippen LogP contribution in [-0.2, 0) is 4.79 Å². The zero-order chi connectivity index (χ0) is 16.0. The summed E-state index contributed by atoms with van der Waals surface area (Å²) >= 11 is 1.61. The number of imidazole rings is 1. The number of nitrogens with zero attached hydrogens (tertiary/aromatic N) is 2. The number of hydrogen-bond donors (Lipinski definition) is 1. The molecule has 0 aliphatic heterocycles. The fraction of sp³-hybridized carbons (Fsp3) is 0.111. The van der Waals surface area contributed by atoms with E-state index in [2.05, 4.69) is 20.8 Å². The third-order valence-corrected chi connectivity index (χ3v) is 4.95. The van der Waals surface area contributed by atoms with Crippen molar-refractivity contribution >= 4 is 33.3 Å². The molecule has 0 spiro atoms. The van der Waals surface area contributed by atoms with Crippen molar-refractivity contribution in [3.05, 3.63) is 59.5 Å². The highest BCUT2D eigenvalue weighted by Gasteiger charge is 2.15. The Labute approximate surface area is 136 Å². The molecule has 0 amide bonds. The van der Waals surface area contributed by atoms with Gasteiger partial charge in [0, 0.05) is 5.38 Å². The Kier molecular flexibility index (Phi) is 3.16. The maximum absolute atomic E-state index is 11.1. The standard InChI is InChI=1S/C18H14N2O2S/c1-11(17(21)22)12-6-8-13(9-7-12)16-10-23-18-19-14-4-2-3-5-15(14)20(16)18/h2-11H,1H3,(H,21,22). The Balaban J connectivity index is 1.84. The van der Waals surface area contributed by atoms with Gasteiger partial charge in [0.05, 0.1) is 22.6 Å². The van der Waals surface area contributed by atoms with Crippen molar-refractivity contribution in [1.82, 2.24) is 9.38 Å². The number of aliphatic carboxylic acids is 1. The molecule has 114 valence electrons. The summed E-state index contributed by atoms with van der Waals surface area (Å²) in [6.07, 6.45) is 0. The molecule has 0 saturated heterocycles. The average molecular weight is 322 g/mol. The average Bonchev–Trinajstić information content (AvgIpc) is 3.13. The highest BCUT2D eigenvalue weighted by molar-refractivity contribution is 7.15. The van der Waals surface area contributed by atoms with Crippen molar-refractivity contribution < 1.29 is 9.90 Å². The number of thiazole rings is 1. The van der Waals surface area contributed by atoms with Crippen LogP contribution in [0.3, 0.4) is 0 Å². The molecule has 1 unspecified atom stereocenters. The molecular weight excluding hydrogens is 308 g/mol. The van der Waals surface area contributed by atoms with Crippen molar-refractivity contribution in [2.45, 2.75) is 12.8 Å². The molecule has 0 aliphatic rings. The number of benzene rings is 2. The Morgan fingerprint density at radius 2 is 1.91 bits per heavy atom. The molecule has 23 heavy (non-hydrogen) atoms. The first-order chi connectivity index (χ1) is 11.1. The molecule has 1 atom stereocenters. The molecular formula is C18H14N2O2S. The molecule has 4 nitrogen and oxygen atoms in total. The summed E-state index contributed by atoms with van der Waals surface area (Å²) in [6, 6.07) is 15.8. The van der Waals surface area contributed by atoms with E-state index in [1.54, 1.807) is 18.3 Å². The number of para-hydroxylation sites is 2. The monoisotopic (exact) mass is 322 g/mol. The van der Waals surface area contributed by atoms with Crippen LogP contribution in [0.25, 0.3) is 27.3 Å². The summed E-state index contributed by atoms with van der Waals surface area (Å²) in [5.74, 6) is -1.31. The number of fused-ring (bicyclic) bond motifs is 3. The molecule has 4 aromatic rings. The van der Waals surface area contributed by atoms with Gasteiger partial charge in [0.1, 0.15) is 0 Å². The minimum absolute atomic E-state index is 0.499. The summed E-state index contributed by atoms with van der Waals surface area (Å²) in [7, 11) is 0. The van der Waals surface area contributed by atoms with E-state index in [4.69, 9.17) is 5.11 Å². The van der Waals surface area contributed by atoms with Crippen LogP contribution >= 0.6 is 11.3 Å². The Hall–Kier alpha value is -2.66. The molecule has 1 N–H and O–H groups in total. The molecule has 5 heteroatoms. The molecule has 2 aromatic heterocycles. The van der Waals surface area contributed by atoms with Gasteiger partial charge in [-0.1, -0.05) is 36.4 Å². The Morgan fingerprint density at radius 3 is 2.65 bits per heavy atom. The van der Waals surface area contributed by atoms with E-state index in [1.165, 1.54) is 0 Å². The number of carboxylic acid groups (broad SMARTS) is 1. The predicted molar refractivity (Wildman–Crippen MR) is 92.1 cm³/mol. The lowest BCUT2D eigenvalue weighted by atomic mass is 9.99. The van der Waals surface area contributed by atoms with Gasteiger partial charge in [-0.25, -0.2) is 4.98 Å². The zero-order valence-electron chi connectivity index (χ0n) is 12.4. The Morgan fingerprint density at radius 1 is 1.17 bits per heavy atom. The SMILES string of the molecule is CC(C(=O)O)c1ccc(-c2csc3nc4ccccc4n23)cc1. The van der Waals surface area contributed by atoms with E-state index in [0.29, 0.717) is 0 Å². The number of carboxylic acids is 1. The van der Waals surface area contributed by atoms with Gasteiger partial charge in [-0.2, -0.15) is 0 Å². The summed E-state index contributed by atoms with van der Waals surface area (Å²) in [5, 5.41) is 11.2. The van der Waals surface area contributed by atoms with Crippen LogP contribution in [0, 0.1) is 0 Å². The maximum Gasteiger partial charge on any atom is 0.310 e. The molecule has 4 rings (SSSR count). The lowest BCUT2D eigenvalue weighted by Crippen LogP contribution is -2.06. The van der Waals surface area contributed by atoms with Crippen LogP contribution in [0.4, 0.5) is 0 Å². The van der Waals surface area contributed by atoms with Crippen LogP contribution in [0.5, 0.6) is 0 Å². The van der Waals surface area contributed by atoms with Crippen LogP contribution in [0.15, 0.2) is 53.9 Å². The number of aromatic nitrogens is 2. The van der Waals surface area contributed by atoms with Crippen molar-refractivity contribution in [2.24, 2.45) is 0 Å². The lowest BCUT2D eigenvalue weighted by Gasteiger charge is -2.08. The van der Waals surface area contributed by atoms with Gasteiger partial charge in [-0.05, 0) is 30.2 Å². The van der Waals surface area contributed by atoms with Gasteiger partial charge in [0.15, 0.2) is 4.96 Å². The molecule has 2 heterocycles. The number of carbonyl (C=O) groups is 1. The summed E-state index contributed by atoms with van der Waals surface area (Å²) in [5.41, 5.74) is 5.01. The smallest absolute Gasteiger partial charge is 0.310 e. The highest BCUT2D eigenvalue weighted by atomic mass is 32.1. The van der Waals surface area contributed by atoms with Crippen LogP contribution < -0.4 is 0 Å². The van der Waals surface area contributed by atoms with Gasteiger partial charge in [0.2, 0.25) is 0 Å². The Bertz CT molecular complexity index is 1010. The van der Waals surface area contributed by atoms with Crippen molar-refractivity contribution in [3.8, 4) is 11.3 Å². The fourth-order valence-electron chi connectivity index (χ4n) is 2.76. The topological polar surface area (TPSA) is 54.6 Å². The second-order valence-corrected chi connectivity index (χ2v) is 6.36. The second kappa shape index (κ2) is 5.21. The molecule has 2 aromatic carbocycles. The molecule has 0 saturated carbocycles. The number of hydrogen-bond acceptors (Lipinski definition) is 3.